The molecule has 0 bridgehead atoms. The number of nitrogens with zero attached hydrogens (tertiary/aromatic N) is 2. The number of nitriles is 1. The summed E-state index contributed by atoms with van der Waals surface area (Å²) in [6, 6.07) is 7.95. The molecule has 0 radical (unpaired) electrons. The molecule has 1 saturated heterocycles. The van der Waals surface area contributed by atoms with E-state index >= 15 is 0 Å². The van der Waals surface area contributed by atoms with E-state index in [4.69, 9.17) is 21.1 Å². The van der Waals surface area contributed by atoms with Crippen LogP contribution in [0, 0.1) is 32.1 Å². The van der Waals surface area contributed by atoms with E-state index in [9.17, 15) is 5.26 Å². The SMILES string of the molecule is Cc1cc(NC2CCOC2)c(C#N)c(Oc2c(C)cc(Cl)cc2C)n1. The number of hydrogen-bond acceptors (Lipinski definition) is 5. The van der Waals surface area contributed by atoms with E-state index in [1.165, 1.54) is 0 Å². The van der Waals surface area contributed by atoms with Crippen molar-refractivity contribution in [2.75, 3.05) is 18.5 Å². The van der Waals surface area contributed by atoms with Crippen LogP contribution < -0.4 is 10.1 Å². The van der Waals surface area contributed by atoms with Crippen LogP contribution in [0.5, 0.6) is 11.6 Å². The second-order valence-electron chi connectivity index (χ2n) is 6.28. The third kappa shape index (κ3) is 3.87. The van der Waals surface area contributed by atoms with Gasteiger partial charge in [-0.1, -0.05) is 11.6 Å². The van der Waals surface area contributed by atoms with E-state index in [0.717, 1.165) is 35.5 Å². The molecule has 0 aliphatic carbocycles. The van der Waals surface area contributed by atoms with Gasteiger partial charge in [0.05, 0.1) is 18.3 Å². The fourth-order valence-corrected chi connectivity index (χ4v) is 3.29. The number of halogens is 1. The van der Waals surface area contributed by atoms with Crippen molar-refractivity contribution < 1.29 is 9.47 Å². The van der Waals surface area contributed by atoms with Crippen molar-refractivity contribution in [3.05, 3.63) is 45.6 Å². The fourth-order valence-electron chi connectivity index (χ4n) is 2.96. The minimum Gasteiger partial charge on any atom is -0.437 e. The van der Waals surface area contributed by atoms with Crippen molar-refractivity contribution in [3.8, 4) is 17.7 Å². The summed E-state index contributed by atoms with van der Waals surface area (Å²) < 4.78 is 11.4. The van der Waals surface area contributed by atoms with Crippen LogP contribution >= 0.6 is 11.6 Å². The van der Waals surface area contributed by atoms with Gasteiger partial charge in [0.1, 0.15) is 17.4 Å². The molecule has 0 saturated carbocycles. The zero-order valence-corrected chi connectivity index (χ0v) is 15.3. The highest BCUT2D eigenvalue weighted by molar-refractivity contribution is 6.30. The predicted octanol–water partition coefficient (Wildman–Crippen LogP) is 4.53. The molecule has 25 heavy (non-hydrogen) atoms. The average molecular weight is 358 g/mol. The second-order valence-corrected chi connectivity index (χ2v) is 6.72. The molecule has 5 nitrogen and oxygen atoms in total. The van der Waals surface area contributed by atoms with Crippen LogP contribution in [-0.2, 0) is 4.74 Å². The molecule has 1 aliphatic heterocycles. The first-order chi connectivity index (χ1) is 12.0. The zero-order chi connectivity index (χ0) is 18.0. The number of ether oxygens (including phenoxy) is 2. The highest BCUT2D eigenvalue weighted by atomic mass is 35.5. The van der Waals surface area contributed by atoms with Gasteiger partial charge < -0.3 is 14.8 Å². The molecule has 1 aliphatic rings. The Morgan fingerprint density at radius 3 is 2.60 bits per heavy atom. The first kappa shape index (κ1) is 17.5. The summed E-state index contributed by atoms with van der Waals surface area (Å²) in [5.74, 6) is 0.978. The molecule has 1 aromatic heterocycles. The lowest BCUT2D eigenvalue weighted by Gasteiger charge is -2.17. The molecule has 2 aromatic rings. The fraction of sp³-hybridized carbons (Fsp3) is 0.368. The quantitative estimate of drug-likeness (QED) is 0.871. The second kappa shape index (κ2) is 7.30. The van der Waals surface area contributed by atoms with Crippen molar-refractivity contribution in [3.63, 3.8) is 0 Å². The normalized spacial score (nSPS) is 16.5. The molecular formula is C19H20ClN3O2. The van der Waals surface area contributed by atoms with Gasteiger partial charge in [-0.25, -0.2) is 4.98 Å². The van der Waals surface area contributed by atoms with Crippen LogP contribution in [0.25, 0.3) is 0 Å². The number of anilines is 1. The molecule has 3 rings (SSSR count). The Kier molecular flexibility index (Phi) is 5.12. The number of nitrogens with one attached hydrogen (secondary N) is 1. The Morgan fingerprint density at radius 1 is 1.28 bits per heavy atom. The number of aromatic nitrogens is 1. The van der Waals surface area contributed by atoms with Crippen LogP contribution in [0.4, 0.5) is 5.69 Å². The Morgan fingerprint density at radius 2 is 2.00 bits per heavy atom. The van der Waals surface area contributed by atoms with Gasteiger partial charge in [0.15, 0.2) is 0 Å². The third-order valence-corrected chi connectivity index (χ3v) is 4.36. The van der Waals surface area contributed by atoms with Gasteiger partial charge in [0, 0.05) is 17.3 Å². The lowest BCUT2D eigenvalue weighted by Crippen LogP contribution is -2.20. The maximum atomic E-state index is 9.66. The smallest absolute Gasteiger partial charge is 0.239 e. The largest absolute Gasteiger partial charge is 0.437 e. The van der Waals surface area contributed by atoms with Crippen LogP contribution in [0.2, 0.25) is 5.02 Å². The molecule has 130 valence electrons. The van der Waals surface area contributed by atoms with Gasteiger partial charge in [-0.15, -0.1) is 0 Å². The molecule has 1 atom stereocenters. The van der Waals surface area contributed by atoms with Crippen molar-refractivity contribution in [2.24, 2.45) is 0 Å². The number of benzene rings is 1. The van der Waals surface area contributed by atoms with Crippen molar-refractivity contribution in [1.29, 1.82) is 5.26 Å². The van der Waals surface area contributed by atoms with Crippen LogP contribution in [0.1, 0.15) is 28.8 Å². The van der Waals surface area contributed by atoms with Crippen molar-refractivity contribution in [2.45, 2.75) is 33.2 Å². The summed E-state index contributed by atoms with van der Waals surface area (Å²) in [7, 11) is 0. The summed E-state index contributed by atoms with van der Waals surface area (Å²) >= 11 is 6.08. The van der Waals surface area contributed by atoms with Gasteiger partial charge >= 0.3 is 0 Å². The zero-order valence-electron chi connectivity index (χ0n) is 14.5. The van der Waals surface area contributed by atoms with E-state index in [1.807, 2.05) is 39.0 Å². The van der Waals surface area contributed by atoms with E-state index in [0.29, 0.717) is 28.8 Å². The maximum Gasteiger partial charge on any atom is 0.239 e. The lowest BCUT2D eigenvalue weighted by atomic mass is 10.1. The molecule has 1 unspecified atom stereocenters. The first-order valence-corrected chi connectivity index (χ1v) is 8.56. The third-order valence-electron chi connectivity index (χ3n) is 4.14. The monoisotopic (exact) mass is 357 g/mol. The molecular weight excluding hydrogens is 338 g/mol. The van der Waals surface area contributed by atoms with Gasteiger partial charge in [-0.3, -0.25) is 0 Å². The standard InChI is InChI=1S/C19H20ClN3O2/c1-11-6-14(20)7-12(2)18(11)25-19-16(9-21)17(8-13(3)22-19)23-15-4-5-24-10-15/h6-8,15H,4-5,10H2,1-3H3,(H,22,23). The van der Waals surface area contributed by atoms with Crippen LogP contribution in [-0.4, -0.2) is 24.2 Å². The summed E-state index contributed by atoms with van der Waals surface area (Å²) in [4.78, 5) is 4.43. The van der Waals surface area contributed by atoms with Crippen LogP contribution in [0.3, 0.4) is 0 Å². The van der Waals surface area contributed by atoms with Gasteiger partial charge in [-0.05, 0) is 56.5 Å². The summed E-state index contributed by atoms with van der Waals surface area (Å²) in [6.45, 7) is 7.09. The number of aryl methyl sites for hydroxylation is 3. The minimum atomic E-state index is 0.195. The summed E-state index contributed by atoms with van der Waals surface area (Å²) in [5, 5.41) is 13.7. The molecule has 6 heteroatoms. The Hall–Kier alpha value is -2.29. The molecule has 1 N–H and O–H groups in total. The molecule has 1 fully saturated rings. The van der Waals surface area contributed by atoms with Gasteiger partial charge in [0.2, 0.25) is 5.88 Å². The van der Waals surface area contributed by atoms with Crippen molar-refractivity contribution in [1.82, 2.24) is 4.98 Å². The van der Waals surface area contributed by atoms with E-state index in [1.54, 1.807) is 0 Å². The Labute approximate surface area is 152 Å². The summed E-state index contributed by atoms with van der Waals surface area (Å²) in [5.41, 5.74) is 3.70. The molecule has 0 amide bonds. The number of hydrogen-bond donors (Lipinski definition) is 1. The van der Waals surface area contributed by atoms with Crippen LogP contribution in [0.15, 0.2) is 18.2 Å². The average Bonchev–Trinajstić information content (AvgIpc) is 3.03. The highest BCUT2D eigenvalue weighted by Gasteiger charge is 2.20. The van der Waals surface area contributed by atoms with Crippen molar-refractivity contribution >= 4 is 17.3 Å². The topological polar surface area (TPSA) is 67.2 Å². The molecule has 1 aromatic carbocycles. The lowest BCUT2D eigenvalue weighted by molar-refractivity contribution is 0.195. The number of rotatable bonds is 4. The van der Waals surface area contributed by atoms with E-state index < -0.39 is 0 Å². The maximum absolute atomic E-state index is 9.66. The molecule has 0 spiro atoms. The van der Waals surface area contributed by atoms with Gasteiger partial charge in [0.25, 0.3) is 0 Å². The number of pyridine rings is 1. The first-order valence-electron chi connectivity index (χ1n) is 8.18. The van der Waals surface area contributed by atoms with Gasteiger partial charge in [-0.2, -0.15) is 5.26 Å². The highest BCUT2D eigenvalue weighted by Crippen LogP contribution is 2.34. The minimum absolute atomic E-state index is 0.195. The summed E-state index contributed by atoms with van der Waals surface area (Å²) in [6.07, 6.45) is 0.915. The molecule has 2 heterocycles. The predicted molar refractivity (Wildman–Crippen MR) is 97.5 cm³/mol. The Balaban J connectivity index is 1.98. The van der Waals surface area contributed by atoms with E-state index in [-0.39, 0.29) is 6.04 Å². The van der Waals surface area contributed by atoms with E-state index in [2.05, 4.69) is 16.4 Å². The Bertz CT molecular complexity index is 816.